The summed E-state index contributed by atoms with van der Waals surface area (Å²) >= 11 is 1.50. The van der Waals surface area contributed by atoms with Crippen molar-refractivity contribution < 1.29 is 4.79 Å². The number of ketones is 1. The number of pyridine rings is 1. The van der Waals surface area contributed by atoms with Gasteiger partial charge in [0.15, 0.2) is 5.78 Å². The number of fused-ring (bicyclic) bond motifs is 1. The average molecular weight is 262 g/mol. The van der Waals surface area contributed by atoms with E-state index in [9.17, 15) is 4.79 Å². The summed E-state index contributed by atoms with van der Waals surface area (Å²) in [4.78, 5) is 18.4. The van der Waals surface area contributed by atoms with Gasteiger partial charge in [-0.3, -0.25) is 9.78 Å². The maximum Gasteiger partial charge on any atom is 0.197 e. The van der Waals surface area contributed by atoms with Crippen LogP contribution in [0.15, 0.2) is 36.8 Å². The molecule has 18 heavy (non-hydrogen) atoms. The summed E-state index contributed by atoms with van der Waals surface area (Å²) in [5, 5.41) is 1.02. The summed E-state index contributed by atoms with van der Waals surface area (Å²) in [6.07, 6.45) is 6.85. The van der Waals surface area contributed by atoms with Gasteiger partial charge in [0.25, 0.3) is 0 Å². The first-order valence-corrected chi connectivity index (χ1v) is 6.71. The third-order valence-electron chi connectivity index (χ3n) is 2.08. The van der Waals surface area contributed by atoms with Crippen LogP contribution < -0.4 is 0 Å². The average Bonchev–Trinajstić information content (AvgIpc) is 2.82. The van der Waals surface area contributed by atoms with E-state index in [0.29, 0.717) is 0 Å². The van der Waals surface area contributed by atoms with Crippen LogP contribution in [0.2, 0.25) is 0 Å². The van der Waals surface area contributed by atoms with Crippen LogP contribution in [0, 0.1) is 0 Å². The number of nitrogens with zero attached hydrogens (tertiary/aromatic N) is 2. The Hall–Kier alpha value is -1.68. The third kappa shape index (κ3) is 3.67. The normalized spacial score (nSPS) is 10.2. The first-order chi connectivity index (χ1) is 8.66. The highest BCUT2D eigenvalue weighted by Crippen LogP contribution is 2.24. The smallest absolute Gasteiger partial charge is 0.197 e. The highest BCUT2D eigenvalue weighted by Gasteiger charge is 2.07. The van der Waals surface area contributed by atoms with Crippen LogP contribution in [0.4, 0.5) is 0 Å². The fraction of sp³-hybridized carbons (Fsp3) is 0.286. The van der Waals surface area contributed by atoms with Crippen LogP contribution in [0.5, 0.6) is 0 Å². The molecule has 2 rings (SSSR count). The van der Waals surface area contributed by atoms with Gasteiger partial charge in [0.1, 0.15) is 0 Å². The highest BCUT2D eigenvalue weighted by molar-refractivity contribution is 7.20. The maximum absolute atomic E-state index is 11.8. The van der Waals surface area contributed by atoms with Gasteiger partial charge >= 0.3 is 0 Å². The molecule has 0 aliphatic rings. The first-order valence-electron chi connectivity index (χ1n) is 5.89. The summed E-state index contributed by atoms with van der Waals surface area (Å²) in [5.74, 6) is 0.0369. The van der Waals surface area contributed by atoms with Crippen molar-refractivity contribution in [1.29, 1.82) is 0 Å². The van der Waals surface area contributed by atoms with E-state index >= 15 is 0 Å². The lowest BCUT2D eigenvalue weighted by Crippen LogP contribution is -2.02. The van der Waals surface area contributed by atoms with Gasteiger partial charge in [-0.15, -0.1) is 11.3 Å². The lowest BCUT2D eigenvalue weighted by atomic mass is 10.2. The number of allylic oxidation sites excluding steroid dienone is 1. The zero-order chi connectivity index (χ0) is 13.5. The largest absolute Gasteiger partial charge is 0.383 e. The lowest BCUT2D eigenvalue weighted by molar-refractivity contribution is 0.104. The number of carbonyl (C=O) groups excluding carboxylic acids is 1. The minimum Gasteiger partial charge on any atom is -0.383 e. The van der Waals surface area contributed by atoms with Gasteiger partial charge in [0, 0.05) is 48.9 Å². The summed E-state index contributed by atoms with van der Waals surface area (Å²) in [7, 11) is 3.78. The molecule has 2 heterocycles. The predicted molar refractivity (Wildman–Crippen MR) is 78.1 cm³/mol. The van der Waals surface area contributed by atoms with Gasteiger partial charge in [-0.25, -0.2) is 0 Å². The van der Waals surface area contributed by atoms with Crippen molar-refractivity contribution >= 4 is 27.2 Å². The molecule has 3 nitrogen and oxygen atoms in total. The summed E-state index contributed by atoms with van der Waals surface area (Å²) in [6, 6.07) is 3.81. The van der Waals surface area contributed by atoms with Gasteiger partial charge in [0.2, 0.25) is 0 Å². The summed E-state index contributed by atoms with van der Waals surface area (Å²) in [6.45, 7) is 4.00. The molecule has 4 heteroatoms. The Morgan fingerprint density at radius 3 is 2.72 bits per heavy atom. The number of rotatable bonds is 3. The van der Waals surface area contributed by atoms with Crippen LogP contribution in [-0.4, -0.2) is 29.8 Å². The van der Waals surface area contributed by atoms with Crippen LogP contribution in [0.1, 0.15) is 23.5 Å². The molecular formula is C14H18N2OS. The molecule has 0 aliphatic carbocycles. The van der Waals surface area contributed by atoms with Gasteiger partial charge in [-0.2, -0.15) is 0 Å². The minimum absolute atomic E-state index is 0.0369. The second-order valence-corrected chi connectivity index (χ2v) is 4.75. The van der Waals surface area contributed by atoms with Crippen molar-refractivity contribution in [3.05, 3.63) is 41.7 Å². The fourth-order valence-electron chi connectivity index (χ4n) is 1.30. The molecule has 0 saturated carbocycles. The van der Waals surface area contributed by atoms with Crippen LogP contribution in [0.25, 0.3) is 10.1 Å². The minimum atomic E-state index is 0.0369. The number of aromatic nitrogens is 1. The molecule has 0 bridgehead atoms. The quantitative estimate of drug-likeness (QED) is 0.626. The number of hydrogen-bond donors (Lipinski definition) is 0. The highest BCUT2D eigenvalue weighted by atomic mass is 32.1. The molecule has 96 valence electrons. The molecule has 0 aromatic carbocycles. The van der Waals surface area contributed by atoms with E-state index in [-0.39, 0.29) is 5.78 Å². The Labute approximate surface area is 112 Å². The van der Waals surface area contributed by atoms with Crippen molar-refractivity contribution in [2.45, 2.75) is 13.8 Å². The predicted octanol–water partition coefficient (Wildman–Crippen LogP) is 3.58. The molecule has 0 fully saturated rings. The molecule has 0 unspecified atom stereocenters. The van der Waals surface area contributed by atoms with Gasteiger partial charge < -0.3 is 4.90 Å². The van der Waals surface area contributed by atoms with Crippen molar-refractivity contribution in [3.63, 3.8) is 0 Å². The van der Waals surface area contributed by atoms with E-state index < -0.39 is 0 Å². The van der Waals surface area contributed by atoms with Crippen molar-refractivity contribution in [3.8, 4) is 0 Å². The second-order valence-electron chi connectivity index (χ2n) is 3.67. The lowest BCUT2D eigenvalue weighted by Gasteiger charge is -2.01. The number of hydrogen-bond acceptors (Lipinski definition) is 4. The van der Waals surface area contributed by atoms with E-state index in [1.54, 1.807) is 24.7 Å². The summed E-state index contributed by atoms with van der Waals surface area (Å²) < 4.78 is 1.09. The molecular weight excluding hydrogens is 244 g/mol. The van der Waals surface area contributed by atoms with E-state index in [1.165, 1.54) is 11.3 Å². The van der Waals surface area contributed by atoms with Crippen LogP contribution in [0.3, 0.4) is 0 Å². The first kappa shape index (κ1) is 14.4. The van der Waals surface area contributed by atoms with Crippen molar-refractivity contribution in [1.82, 2.24) is 9.88 Å². The zero-order valence-corrected chi connectivity index (χ0v) is 12.0. The van der Waals surface area contributed by atoms with Crippen LogP contribution >= 0.6 is 11.3 Å². The van der Waals surface area contributed by atoms with Gasteiger partial charge in [-0.1, -0.05) is 13.8 Å². The third-order valence-corrected chi connectivity index (χ3v) is 3.21. The Bertz CT molecular complexity index is 510. The van der Waals surface area contributed by atoms with E-state index in [4.69, 9.17) is 0 Å². The fourth-order valence-corrected chi connectivity index (χ4v) is 2.25. The van der Waals surface area contributed by atoms with E-state index in [0.717, 1.165) is 15.0 Å². The zero-order valence-electron chi connectivity index (χ0n) is 11.2. The Kier molecular flexibility index (Phi) is 5.52. The molecule has 0 saturated heterocycles. The SMILES string of the molecule is CC.CN(C)/C=C/C(=O)c1cc2cnccc2s1. The number of carbonyl (C=O) groups is 1. The topological polar surface area (TPSA) is 33.2 Å². The molecule has 0 spiro atoms. The molecule has 2 aromatic rings. The Morgan fingerprint density at radius 2 is 2.11 bits per heavy atom. The maximum atomic E-state index is 11.8. The molecule has 0 N–H and O–H groups in total. The van der Waals surface area contributed by atoms with Gasteiger partial charge in [-0.05, 0) is 12.1 Å². The Morgan fingerprint density at radius 1 is 1.39 bits per heavy atom. The summed E-state index contributed by atoms with van der Waals surface area (Å²) in [5.41, 5.74) is 0. The number of thiophene rings is 1. The van der Waals surface area contributed by atoms with E-state index in [2.05, 4.69) is 4.98 Å². The van der Waals surface area contributed by atoms with Crippen molar-refractivity contribution in [2.24, 2.45) is 0 Å². The second kappa shape index (κ2) is 6.91. The molecule has 0 amide bonds. The molecule has 0 radical (unpaired) electrons. The van der Waals surface area contributed by atoms with Crippen molar-refractivity contribution in [2.75, 3.05) is 14.1 Å². The van der Waals surface area contributed by atoms with Crippen LogP contribution in [-0.2, 0) is 0 Å². The molecule has 0 aliphatic heterocycles. The van der Waals surface area contributed by atoms with Gasteiger partial charge in [0.05, 0.1) is 4.88 Å². The van der Waals surface area contributed by atoms with E-state index in [1.807, 2.05) is 45.0 Å². The molecule has 2 aromatic heterocycles. The Balaban J connectivity index is 0.000000771. The standard InChI is InChI=1S/C12H12N2OS.C2H6/c1-14(2)6-4-10(15)12-7-9-8-13-5-3-11(9)16-12;1-2/h3-8H,1-2H3;1-2H3/b6-4+;. The monoisotopic (exact) mass is 262 g/mol. The molecule has 0 atom stereocenters.